The third kappa shape index (κ3) is 4.27. The summed E-state index contributed by atoms with van der Waals surface area (Å²) < 4.78 is 13.0. The number of carboxylic acid groups (broad SMARTS) is 1. The Morgan fingerprint density at radius 3 is 2.72 bits per heavy atom. The van der Waals surface area contributed by atoms with Crippen LogP contribution >= 0.6 is 11.6 Å². The van der Waals surface area contributed by atoms with Gasteiger partial charge >= 0.3 is 5.97 Å². The fourth-order valence-corrected chi connectivity index (χ4v) is 2.04. The minimum atomic E-state index is -0.821. The molecule has 0 saturated heterocycles. The molecule has 0 fully saturated rings. The maximum Gasteiger partial charge on any atom is 0.304 e. The number of hydrogen-bond acceptors (Lipinski definition) is 2. The van der Waals surface area contributed by atoms with E-state index in [0.29, 0.717) is 6.54 Å². The molecule has 0 aromatic heterocycles. The summed E-state index contributed by atoms with van der Waals surface area (Å²) in [5.41, 5.74) is 0.875. The molecule has 1 unspecified atom stereocenters. The minimum absolute atomic E-state index is 0.0728. The van der Waals surface area contributed by atoms with Crippen molar-refractivity contribution in [3.05, 3.63) is 34.6 Å². The van der Waals surface area contributed by atoms with Gasteiger partial charge in [0.15, 0.2) is 0 Å². The van der Waals surface area contributed by atoms with Gasteiger partial charge in [-0.25, -0.2) is 4.39 Å². The second-order valence-electron chi connectivity index (χ2n) is 4.26. The van der Waals surface area contributed by atoms with Crippen LogP contribution in [0, 0.1) is 5.82 Å². The van der Waals surface area contributed by atoms with E-state index in [2.05, 4.69) is 0 Å². The van der Waals surface area contributed by atoms with Crippen molar-refractivity contribution in [1.82, 2.24) is 4.90 Å². The number of halogens is 2. The van der Waals surface area contributed by atoms with Gasteiger partial charge in [-0.2, -0.15) is 0 Å². The van der Waals surface area contributed by atoms with E-state index in [9.17, 15) is 9.18 Å². The Hall–Kier alpha value is -1.13. The third-order valence-corrected chi connectivity index (χ3v) is 3.16. The van der Waals surface area contributed by atoms with Gasteiger partial charge in [0.2, 0.25) is 0 Å². The summed E-state index contributed by atoms with van der Waals surface area (Å²) in [7, 11) is 0. The summed E-state index contributed by atoms with van der Waals surface area (Å²) in [6, 6.07) is 4.49. The fraction of sp³-hybridized carbons (Fsp3) is 0.462. The molecule has 100 valence electrons. The van der Waals surface area contributed by atoms with E-state index >= 15 is 0 Å². The Balaban J connectivity index is 2.72. The van der Waals surface area contributed by atoms with Crippen LogP contribution in [0.2, 0.25) is 5.02 Å². The van der Waals surface area contributed by atoms with Gasteiger partial charge in [-0.15, -0.1) is 0 Å². The molecule has 3 nitrogen and oxygen atoms in total. The topological polar surface area (TPSA) is 40.5 Å². The molecule has 0 aliphatic carbocycles. The highest BCUT2D eigenvalue weighted by atomic mass is 35.5. The van der Waals surface area contributed by atoms with Crippen molar-refractivity contribution in [3.8, 4) is 0 Å². The fourth-order valence-electron chi connectivity index (χ4n) is 1.83. The number of hydrogen-bond donors (Lipinski definition) is 1. The second-order valence-corrected chi connectivity index (χ2v) is 4.67. The lowest BCUT2D eigenvalue weighted by Gasteiger charge is -2.26. The lowest BCUT2D eigenvalue weighted by Crippen LogP contribution is -2.34. The van der Waals surface area contributed by atoms with Crippen LogP contribution < -0.4 is 0 Å². The van der Waals surface area contributed by atoms with Gasteiger partial charge in [0.1, 0.15) is 5.82 Å². The van der Waals surface area contributed by atoms with Crippen LogP contribution in [-0.2, 0) is 11.3 Å². The molecule has 1 atom stereocenters. The summed E-state index contributed by atoms with van der Waals surface area (Å²) >= 11 is 5.72. The van der Waals surface area contributed by atoms with Gasteiger partial charge < -0.3 is 5.11 Å². The van der Waals surface area contributed by atoms with E-state index in [1.807, 2.05) is 18.7 Å². The first-order valence-corrected chi connectivity index (χ1v) is 6.21. The molecule has 0 spiro atoms. The van der Waals surface area contributed by atoms with Crippen molar-refractivity contribution in [2.24, 2.45) is 0 Å². The van der Waals surface area contributed by atoms with E-state index in [1.165, 1.54) is 6.07 Å². The summed E-state index contributed by atoms with van der Waals surface area (Å²) in [5.74, 6) is -1.26. The molecule has 18 heavy (non-hydrogen) atoms. The number of rotatable bonds is 6. The molecule has 0 amide bonds. The smallest absolute Gasteiger partial charge is 0.304 e. The van der Waals surface area contributed by atoms with Crippen LogP contribution in [0.15, 0.2) is 18.2 Å². The molecule has 0 saturated carbocycles. The molecule has 1 rings (SSSR count). The van der Waals surface area contributed by atoms with Gasteiger partial charge in [-0.1, -0.05) is 24.6 Å². The van der Waals surface area contributed by atoms with Crippen LogP contribution in [0.3, 0.4) is 0 Å². The van der Waals surface area contributed by atoms with E-state index in [1.54, 1.807) is 12.1 Å². The van der Waals surface area contributed by atoms with E-state index in [0.717, 1.165) is 12.1 Å². The van der Waals surface area contributed by atoms with E-state index < -0.39 is 11.8 Å². The third-order valence-electron chi connectivity index (χ3n) is 2.87. The summed E-state index contributed by atoms with van der Waals surface area (Å²) in [6.45, 7) is 5.11. The zero-order chi connectivity index (χ0) is 13.7. The van der Waals surface area contributed by atoms with Crippen molar-refractivity contribution in [1.29, 1.82) is 0 Å². The molecule has 0 heterocycles. The maximum atomic E-state index is 13.0. The van der Waals surface area contributed by atoms with Crippen molar-refractivity contribution >= 4 is 17.6 Å². The van der Waals surface area contributed by atoms with E-state index in [4.69, 9.17) is 16.7 Å². The van der Waals surface area contributed by atoms with Crippen molar-refractivity contribution in [2.75, 3.05) is 6.54 Å². The van der Waals surface area contributed by atoms with Gasteiger partial charge in [0.25, 0.3) is 0 Å². The van der Waals surface area contributed by atoms with Crippen LogP contribution in [0.25, 0.3) is 0 Å². The number of carbonyl (C=O) groups is 1. The van der Waals surface area contributed by atoms with Gasteiger partial charge in [-0.3, -0.25) is 9.69 Å². The molecule has 1 N–H and O–H groups in total. The molecular weight excluding hydrogens is 257 g/mol. The average molecular weight is 274 g/mol. The average Bonchev–Trinajstić information content (AvgIpc) is 2.29. The summed E-state index contributed by atoms with van der Waals surface area (Å²) in [5, 5.41) is 8.87. The van der Waals surface area contributed by atoms with Crippen molar-refractivity contribution in [2.45, 2.75) is 32.9 Å². The molecular formula is C13H17ClFNO2. The summed E-state index contributed by atoms with van der Waals surface area (Å²) in [4.78, 5) is 12.7. The standard InChI is InChI=1S/C13H17ClFNO2/c1-3-16(9(2)6-13(17)18)8-10-4-5-12(15)11(14)7-10/h4-5,7,9H,3,6,8H2,1-2H3,(H,17,18). The van der Waals surface area contributed by atoms with Crippen LogP contribution in [0.5, 0.6) is 0 Å². The number of benzene rings is 1. The first-order chi connectivity index (χ1) is 8.43. The maximum absolute atomic E-state index is 13.0. The normalized spacial score (nSPS) is 12.7. The van der Waals surface area contributed by atoms with Gasteiger partial charge in [-0.05, 0) is 31.2 Å². The Bertz CT molecular complexity index is 425. The number of carboxylic acids is 1. The highest BCUT2D eigenvalue weighted by Gasteiger charge is 2.16. The van der Waals surface area contributed by atoms with Crippen molar-refractivity contribution in [3.63, 3.8) is 0 Å². The highest BCUT2D eigenvalue weighted by molar-refractivity contribution is 6.30. The molecule has 0 bridgehead atoms. The first-order valence-electron chi connectivity index (χ1n) is 5.83. The minimum Gasteiger partial charge on any atom is -0.481 e. The first kappa shape index (κ1) is 14.9. The van der Waals surface area contributed by atoms with Crippen LogP contribution in [-0.4, -0.2) is 28.6 Å². The Morgan fingerprint density at radius 2 is 2.22 bits per heavy atom. The molecule has 1 aromatic rings. The van der Waals surface area contributed by atoms with Crippen molar-refractivity contribution < 1.29 is 14.3 Å². The largest absolute Gasteiger partial charge is 0.481 e. The highest BCUT2D eigenvalue weighted by Crippen LogP contribution is 2.18. The monoisotopic (exact) mass is 273 g/mol. The Kier molecular flexibility index (Phi) is 5.56. The second kappa shape index (κ2) is 6.71. The molecule has 0 radical (unpaired) electrons. The molecule has 5 heteroatoms. The predicted octanol–water partition coefficient (Wildman–Crippen LogP) is 3.16. The number of aliphatic carboxylic acids is 1. The predicted molar refractivity (Wildman–Crippen MR) is 69.2 cm³/mol. The quantitative estimate of drug-likeness (QED) is 0.865. The SMILES string of the molecule is CCN(Cc1ccc(F)c(Cl)c1)C(C)CC(=O)O. The van der Waals surface area contributed by atoms with Gasteiger partial charge in [0, 0.05) is 12.6 Å². The molecule has 1 aromatic carbocycles. The molecule has 0 aliphatic rings. The Morgan fingerprint density at radius 1 is 1.56 bits per heavy atom. The van der Waals surface area contributed by atoms with Crippen LogP contribution in [0.1, 0.15) is 25.8 Å². The lowest BCUT2D eigenvalue weighted by molar-refractivity contribution is -0.138. The van der Waals surface area contributed by atoms with Gasteiger partial charge in [0.05, 0.1) is 11.4 Å². The lowest BCUT2D eigenvalue weighted by atomic mass is 10.1. The summed E-state index contributed by atoms with van der Waals surface area (Å²) in [6.07, 6.45) is 0.0861. The van der Waals surface area contributed by atoms with E-state index in [-0.39, 0.29) is 17.5 Å². The van der Waals surface area contributed by atoms with Crippen LogP contribution in [0.4, 0.5) is 4.39 Å². The Labute approximate surface area is 111 Å². The zero-order valence-corrected chi connectivity index (χ0v) is 11.2. The molecule has 0 aliphatic heterocycles. The zero-order valence-electron chi connectivity index (χ0n) is 10.5. The number of nitrogens with zero attached hydrogens (tertiary/aromatic N) is 1.